The molecule has 2 aromatic heterocycles. The van der Waals surface area contributed by atoms with Crippen molar-refractivity contribution in [2.45, 2.75) is 6.92 Å². The molecular weight excluding hydrogens is 360 g/mol. The minimum absolute atomic E-state index is 0.185. The molecule has 2 N–H and O–H groups in total. The first-order valence-corrected chi connectivity index (χ1v) is 9.10. The van der Waals surface area contributed by atoms with Gasteiger partial charge in [-0.2, -0.15) is 10.2 Å². The van der Waals surface area contributed by atoms with Crippen molar-refractivity contribution in [1.82, 2.24) is 15.2 Å². The highest BCUT2D eigenvalue weighted by molar-refractivity contribution is 7.20. The Kier molecular flexibility index (Phi) is 4.43. The van der Waals surface area contributed by atoms with E-state index in [0.717, 1.165) is 27.2 Å². The first-order valence-electron chi connectivity index (χ1n) is 8.29. The van der Waals surface area contributed by atoms with E-state index >= 15 is 0 Å². The maximum atomic E-state index is 12.4. The molecule has 0 radical (unpaired) electrons. The van der Waals surface area contributed by atoms with E-state index < -0.39 is 0 Å². The number of fused-ring (bicyclic) bond motifs is 1. The van der Waals surface area contributed by atoms with E-state index in [9.17, 15) is 9.90 Å². The molecule has 2 heterocycles. The van der Waals surface area contributed by atoms with Crippen LogP contribution in [-0.4, -0.2) is 27.0 Å². The summed E-state index contributed by atoms with van der Waals surface area (Å²) >= 11 is 1.38. The van der Waals surface area contributed by atoms with Crippen molar-refractivity contribution in [2.75, 3.05) is 0 Å². The molecule has 0 aliphatic heterocycles. The maximum absolute atomic E-state index is 12.4. The number of phenolic OH excluding ortho intramolecular Hbond substituents is 1. The smallest absolute Gasteiger partial charge is 0.281 e. The average Bonchev–Trinajstić information content (AvgIpc) is 3.25. The summed E-state index contributed by atoms with van der Waals surface area (Å²) in [4.78, 5) is 13.9. The molecule has 4 aromatic rings. The van der Waals surface area contributed by atoms with Gasteiger partial charge in [0.25, 0.3) is 5.91 Å². The van der Waals surface area contributed by atoms with Gasteiger partial charge in [-0.15, -0.1) is 11.3 Å². The topological polar surface area (TPSA) is 79.5 Å². The van der Waals surface area contributed by atoms with Crippen molar-refractivity contribution in [1.29, 1.82) is 0 Å². The molecular formula is C20H16N4O2S. The number of nitrogens with one attached hydrogen (secondary N) is 1. The minimum Gasteiger partial charge on any atom is -0.508 e. The number of carbonyl (C=O) groups excluding carboxylic acids is 1. The summed E-state index contributed by atoms with van der Waals surface area (Å²) in [5.41, 5.74) is 5.14. The van der Waals surface area contributed by atoms with E-state index in [1.54, 1.807) is 24.3 Å². The quantitative estimate of drug-likeness (QED) is 0.419. The lowest BCUT2D eigenvalue weighted by Crippen LogP contribution is -2.16. The third-order valence-corrected chi connectivity index (χ3v) is 5.15. The third kappa shape index (κ3) is 3.45. The molecule has 0 aliphatic rings. The lowest BCUT2D eigenvalue weighted by molar-refractivity contribution is 0.0959. The van der Waals surface area contributed by atoms with E-state index in [2.05, 4.69) is 15.6 Å². The zero-order valence-corrected chi connectivity index (χ0v) is 15.3. The van der Waals surface area contributed by atoms with Gasteiger partial charge < -0.3 is 5.11 Å². The van der Waals surface area contributed by atoms with Gasteiger partial charge in [-0.3, -0.25) is 4.79 Å². The molecule has 2 aromatic carbocycles. The number of para-hydroxylation sites is 1. The Hall–Kier alpha value is -3.45. The van der Waals surface area contributed by atoms with Crippen LogP contribution in [0.25, 0.3) is 15.9 Å². The number of phenols is 1. The lowest BCUT2D eigenvalue weighted by Gasteiger charge is -2.01. The van der Waals surface area contributed by atoms with Crippen molar-refractivity contribution >= 4 is 33.7 Å². The van der Waals surface area contributed by atoms with Gasteiger partial charge in [0, 0.05) is 5.39 Å². The van der Waals surface area contributed by atoms with Crippen LogP contribution in [0.3, 0.4) is 0 Å². The molecule has 0 atom stereocenters. The number of aromatic nitrogens is 2. The Bertz CT molecular complexity index is 1130. The molecule has 0 aliphatic carbocycles. The molecule has 1 amide bonds. The Morgan fingerprint density at radius 3 is 2.67 bits per heavy atom. The summed E-state index contributed by atoms with van der Waals surface area (Å²) < 4.78 is 1.85. The molecule has 134 valence electrons. The number of benzene rings is 2. The molecule has 0 saturated heterocycles. The third-order valence-electron chi connectivity index (χ3n) is 4.04. The molecule has 7 heteroatoms. The molecule has 0 unspecified atom stereocenters. The van der Waals surface area contributed by atoms with Gasteiger partial charge in [-0.25, -0.2) is 10.1 Å². The van der Waals surface area contributed by atoms with Crippen molar-refractivity contribution in [2.24, 2.45) is 5.10 Å². The van der Waals surface area contributed by atoms with Crippen molar-refractivity contribution in [3.8, 4) is 11.4 Å². The Balaban J connectivity index is 1.57. The summed E-state index contributed by atoms with van der Waals surface area (Å²) in [7, 11) is 0. The van der Waals surface area contributed by atoms with Crippen LogP contribution >= 0.6 is 11.3 Å². The first-order chi connectivity index (χ1) is 13.1. The number of rotatable bonds is 4. The van der Waals surface area contributed by atoms with Crippen molar-refractivity contribution in [3.63, 3.8) is 0 Å². The predicted octanol–water partition coefficient (Wildman–Crippen LogP) is 3.86. The van der Waals surface area contributed by atoms with Gasteiger partial charge in [0.15, 0.2) is 0 Å². The van der Waals surface area contributed by atoms with E-state index in [-0.39, 0.29) is 11.7 Å². The van der Waals surface area contributed by atoms with Gasteiger partial charge >= 0.3 is 0 Å². The van der Waals surface area contributed by atoms with E-state index in [1.807, 2.05) is 48.0 Å². The van der Waals surface area contributed by atoms with Crippen molar-refractivity contribution in [3.05, 3.63) is 76.8 Å². The zero-order chi connectivity index (χ0) is 18.8. The Morgan fingerprint density at radius 2 is 1.93 bits per heavy atom. The minimum atomic E-state index is -0.273. The summed E-state index contributed by atoms with van der Waals surface area (Å²) in [6.45, 7) is 1.93. The second kappa shape index (κ2) is 7.05. The van der Waals surface area contributed by atoms with Crippen LogP contribution in [-0.2, 0) is 0 Å². The van der Waals surface area contributed by atoms with Crippen LogP contribution in [0.2, 0.25) is 0 Å². The highest BCUT2D eigenvalue weighted by Gasteiger charge is 2.16. The Morgan fingerprint density at radius 1 is 1.19 bits per heavy atom. The maximum Gasteiger partial charge on any atom is 0.281 e. The average molecular weight is 376 g/mol. The summed E-state index contributed by atoms with van der Waals surface area (Å²) in [6, 6.07) is 18.2. The number of thiophene rings is 1. The molecule has 6 nitrogen and oxygen atoms in total. The van der Waals surface area contributed by atoms with E-state index in [4.69, 9.17) is 0 Å². The monoisotopic (exact) mass is 376 g/mol. The number of hydrazone groups is 1. The second-order valence-electron chi connectivity index (χ2n) is 5.95. The number of carbonyl (C=O) groups is 1. The first kappa shape index (κ1) is 17.0. The summed E-state index contributed by atoms with van der Waals surface area (Å²) in [5.74, 6) is -0.0884. The van der Waals surface area contributed by atoms with Gasteiger partial charge in [0.05, 0.1) is 22.5 Å². The summed E-state index contributed by atoms with van der Waals surface area (Å²) in [5, 5.41) is 18.8. The highest BCUT2D eigenvalue weighted by atomic mass is 32.1. The molecule has 0 spiro atoms. The van der Waals surface area contributed by atoms with Crippen LogP contribution in [0.1, 0.15) is 20.9 Å². The fraction of sp³-hybridized carbons (Fsp3) is 0.0500. The molecule has 4 rings (SSSR count). The number of aromatic hydroxyl groups is 1. The number of hydrogen-bond donors (Lipinski definition) is 2. The van der Waals surface area contributed by atoms with E-state index in [1.165, 1.54) is 17.6 Å². The fourth-order valence-electron chi connectivity index (χ4n) is 2.68. The molecule has 0 fully saturated rings. The molecule has 0 bridgehead atoms. The SMILES string of the molecule is Cc1nn(-c2ccccc2)c2sc(C(=O)NN=Cc3ccc(O)cc3)cc12. The highest BCUT2D eigenvalue weighted by Crippen LogP contribution is 2.30. The van der Waals surface area contributed by atoms with Gasteiger partial charge in [-0.05, 0) is 55.0 Å². The van der Waals surface area contributed by atoms with Crippen LogP contribution in [0.5, 0.6) is 5.75 Å². The number of hydrogen-bond acceptors (Lipinski definition) is 5. The van der Waals surface area contributed by atoms with Gasteiger partial charge in [0.2, 0.25) is 0 Å². The van der Waals surface area contributed by atoms with Crippen LogP contribution in [0.15, 0.2) is 65.8 Å². The van der Waals surface area contributed by atoms with Crippen LogP contribution in [0, 0.1) is 6.92 Å². The lowest BCUT2D eigenvalue weighted by atomic mass is 10.2. The normalized spacial score (nSPS) is 11.3. The van der Waals surface area contributed by atoms with Gasteiger partial charge in [0.1, 0.15) is 10.6 Å². The standard InChI is InChI=1S/C20H16N4O2S/c1-13-17-11-18(19(26)22-21-12-14-7-9-16(25)10-8-14)27-20(17)24(23-13)15-5-3-2-4-6-15/h2-12,25H,1H3,(H,22,26). The largest absolute Gasteiger partial charge is 0.508 e. The van der Waals surface area contributed by atoms with Crippen LogP contribution in [0.4, 0.5) is 0 Å². The van der Waals surface area contributed by atoms with Crippen molar-refractivity contribution < 1.29 is 9.90 Å². The molecule has 27 heavy (non-hydrogen) atoms. The fourth-order valence-corrected chi connectivity index (χ4v) is 3.76. The number of nitrogens with zero attached hydrogens (tertiary/aromatic N) is 3. The predicted molar refractivity (Wildman–Crippen MR) is 107 cm³/mol. The van der Waals surface area contributed by atoms with Gasteiger partial charge in [-0.1, -0.05) is 18.2 Å². The van der Waals surface area contributed by atoms with Crippen LogP contribution < -0.4 is 5.43 Å². The number of amides is 1. The summed E-state index contributed by atoms with van der Waals surface area (Å²) in [6.07, 6.45) is 1.53. The Labute approximate surface area is 159 Å². The number of aryl methyl sites for hydroxylation is 1. The zero-order valence-electron chi connectivity index (χ0n) is 14.5. The van der Waals surface area contributed by atoms with E-state index in [0.29, 0.717) is 4.88 Å². The molecule has 0 saturated carbocycles. The second-order valence-corrected chi connectivity index (χ2v) is 6.98.